The van der Waals surface area contributed by atoms with E-state index >= 15 is 0 Å². The van der Waals surface area contributed by atoms with Gasteiger partial charge in [-0.1, -0.05) is 37.1 Å². The highest BCUT2D eigenvalue weighted by Crippen LogP contribution is 2.43. The van der Waals surface area contributed by atoms with Gasteiger partial charge in [0.1, 0.15) is 38.2 Å². The molecule has 1 fully saturated rings. The van der Waals surface area contributed by atoms with Gasteiger partial charge in [0.15, 0.2) is 11.5 Å². The lowest BCUT2D eigenvalue weighted by Crippen LogP contribution is -2.89. The Morgan fingerprint density at radius 3 is 2.54 bits per heavy atom. The van der Waals surface area contributed by atoms with E-state index in [1.165, 1.54) is 31.2 Å². The molecule has 1 heterocycles. The zero-order chi connectivity index (χ0) is 19.2. The number of hydrogen-bond donors (Lipinski definition) is 2. The van der Waals surface area contributed by atoms with Crippen molar-refractivity contribution < 1.29 is 24.6 Å². The third-order valence-electron chi connectivity index (χ3n) is 5.87. The molecule has 0 spiro atoms. The molecule has 5 heteroatoms. The van der Waals surface area contributed by atoms with Crippen LogP contribution in [0.4, 0.5) is 0 Å². The number of hydrogen-bond acceptors (Lipinski definition) is 4. The molecule has 150 valence electrons. The number of aliphatic hydroxyl groups excluding tert-OH is 1. The Morgan fingerprint density at radius 2 is 1.75 bits per heavy atom. The molecule has 0 aromatic heterocycles. The van der Waals surface area contributed by atoms with Crippen LogP contribution in [0.15, 0.2) is 48.5 Å². The Kier molecular flexibility index (Phi) is 6.03. The number of ether oxygens (including phenoxy) is 3. The normalized spacial score (nSPS) is 18.6. The lowest BCUT2D eigenvalue weighted by molar-refractivity contribution is -0.668. The molecule has 2 aromatic carbocycles. The SMILES string of the molecule is O[C@H](C[NH2+]CC1(c2ccc3c(c2)OCCO3)CCCC1)COc1ccccc1. The Morgan fingerprint density at radius 1 is 1.00 bits per heavy atom. The fourth-order valence-electron chi connectivity index (χ4n) is 4.36. The third-order valence-corrected chi connectivity index (χ3v) is 5.87. The zero-order valence-electron chi connectivity index (χ0n) is 16.3. The van der Waals surface area contributed by atoms with Crippen LogP contribution in [-0.2, 0) is 5.41 Å². The average molecular weight is 384 g/mol. The lowest BCUT2D eigenvalue weighted by Gasteiger charge is -2.29. The molecule has 4 rings (SSSR count). The fourth-order valence-corrected chi connectivity index (χ4v) is 4.36. The van der Waals surface area contributed by atoms with E-state index in [1.807, 2.05) is 36.4 Å². The van der Waals surface area contributed by atoms with E-state index in [-0.39, 0.29) is 5.41 Å². The van der Waals surface area contributed by atoms with Gasteiger partial charge in [0.05, 0.1) is 6.54 Å². The minimum Gasteiger partial charge on any atom is -0.491 e. The number of benzene rings is 2. The molecule has 0 bridgehead atoms. The highest BCUT2D eigenvalue weighted by molar-refractivity contribution is 5.46. The van der Waals surface area contributed by atoms with Crippen LogP contribution in [0.2, 0.25) is 0 Å². The highest BCUT2D eigenvalue weighted by atomic mass is 16.6. The van der Waals surface area contributed by atoms with Crippen molar-refractivity contribution in [2.45, 2.75) is 37.2 Å². The van der Waals surface area contributed by atoms with Crippen LogP contribution < -0.4 is 19.5 Å². The van der Waals surface area contributed by atoms with E-state index in [0.29, 0.717) is 26.4 Å². The summed E-state index contributed by atoms with van der Waals surface area (Å²) in [5.41, 5.74) is 1.48. The zero-order valence-corrected chi connectivity index (χ0v) is 16.3. The molecule has 28 heavy (non-hydrogen) atoms. The molecule has 0 saturated heterocycles. The van der Waals surface area contributed by atoms with Crippen LogP contribution in [-0.4, -0.2) is 44.1 Å². The van der Waals surface area contributed by atoms with Crippen LogP contribution in [0.25, 0.3) is 0 Å². The molecule has 3 N–H and O–H groups in total. The number of aliphatic hydroxyl groups is 1. The second kappa shape index (κ2) is 8.84. The molecular formula is C23H30NO4+. The van der Waals surface area contributed by atoms with Crippen LogP contribution in [0.5, 0.6) is 17.2 Å². The standard InChI is InChI=1S/C23H29NO4/c25-19(16-28-20-6-2-1-3-7-20)15-24-17-23(10-4-5-11-23)18-8-9-21-22(14-18)27-13-12-26-21/h1-3,6-9,14,19,24-25H,4-5,10-13,15-17H2/p+1/t19-/m1/s1. The largest absolute Gasteiger partial charge is 0.491 e. The predicted molar refractivity (Wildman–Crippen MR) is 107 cm³/mol. The van der Waals surface area contributed by atoms with E-state index in [1.54, 1.807) is 0 Å². The van der Waals surface area contributed by atoms with E-state index < -0.39 is 6.10 Å². The van der Waals surface area contributed by atoms with Gasteiger partial charge in [-0.25, -0.2) is 0 Å². The number of para-hydroxylation sites is 1. The van der Waals surface area contributed by atoms with Gasteiger partial charge in [-0.05, 0) is 42.7 Å². The molecule has 2 aliphatic rings. The topological polar surface area (TPSA) is 64.5 Å². The van der Waals surface area contributed by atoms with Crippen LogP contribution in [0, 0.1) is 0 Å². The summed E-state index contributed by atoms with van der Waals surface area (Å²) in [6.45, 7) is 3.16. The van der Waals surface area contributed by atoms with Gasteiger partial charge in [0.25, 0.3) is 0 Å². The van der Waals surface area contributed by atoms with Crippen molar-refractivity contribution in [2.24, 2.45) is 0 Å². The van der Waals surface area contributed by atoms with Crippen LogP contribution in [0.3, 0.4) is 0 Å². The quantitative estimate of drug-likeness (QED) is 0.733. The summed E-state index contributed by atoms with van der Waals surface area (Å²) < 4.78 is 17.1. The maximum absolute atomic E-state index is 10.3. The number of quaternary nitrogens is 1. The summed E-state index contributed by atoms with van der Waals surface area (Å²) in [7, 11) is 0. The number of nitrogens with two attached hydrogens (primary N) is 1. The van der Waals surface area contributed by atoms with Gasteiger partial charge < -0.3 is 24.6 Å². The van der Waals surface area contributed by atoms with Crippen molar-refractivity contribution in [3.63, 3.8) is 0 Å². The second-order valence-corrected chi connectivity index (χ2v) is 7.85. The Hall–Kier alpha value is -2.24. The van der Waals surface area contributed by atoms with Crippen molar-refractivity contribution >= 4 is 0 Å². The maximum atomic E-state index is 10.3. The molecule has 1 saturated carbocycles. The summed E-state index contributed by atoms with van der Waals surface area (Å²) in [6, 6.07) is 16.1. The fraction of sp³-hybridized carbons (Fsp3) is 0.478. The van der Waals surface area contributed by atoms with E-state index in [4.69, 9.17) is 14.2 Å². The van der Waals surface area contributed by atoms with Gasteiger partial charge in [0.2, 0.25) is 0 Å². The molecule has 0 amide bonds. The van der Waals surface area contributed by atoms with Crippen molar-refractivity contribution in [2.75, 3.05) is 32.9 Å². The van der Waals surface area contributed by atoms with Crippen LogP contribution >= 0.6 is 0 Å². The molecule has 5 nitrogen and oxygen atoms in total. The van der Waals surface area contributed by atoms with Gasteiger partial charge in [-0.15, -0.1) is 0 Å². The Labute approximate surface area is 166 Å². The maximum Gasteiger partial charge on any atom is 0.161 e. The summed E-state index contributed by atoms with van der Waals surface area (Å²) in [5, 5.41) is 12.5. The van der Waals surface area contributed by atoms with E-state index in [2.05, 4.69) is 17.4 Å². The minimum atomic E-state index is -0.487. The molecular weight excluding hydrogens is 354 g/mol. The van der Waals surface area contributed by atoms with Gasteiger partial charge in [0, 0.05) is 5.41 Å². The Bertz CT molecular complexity index is 758. The first-order valence-electron chi connectivity index (χ1n) is 10.3. The monoisotopic (exact) mass is 384 g/mol. The average Bonchev–Trinajstić information content (AvgIpc) is 3.23. The molecule has 1 atom stereocenters. The molecule has 0 unspecified atom stereocenters. The summed E-state index contributed by atoms with van der Waals surface area (Å²) >= 11 is 0. The summed E-state index contributed by atoms with van der Waals surface area (Å²) in [4.78, 5) is 0. The lowest BCUT2D eigenvalue weighted by atomic mass is 9.78. The van der Waals surface area contributed by atoms with Crippen LogP contribution in [0.1, 0.15) is 31.2 Å². The van der Waals surface area contributed by atoms with Crippen molar-refractivity contribution in [1.82, 2.24) is 0 Å². The van der Waals surface area contributed by atoms with E-state index in [9.17, 15) is 5.11 Å². The number of fused-ring (bicyclic) bond motifs is 1. The van der Waals surface area contributed by atoms with Gasteiger partial charge >= 0.3 is 0 Å². The van der Waals surface area contributed by atoms with Gasteiger partial charge in [-0.3, -0.25) is 0 Å². The first kappa shape index (κ1) is 19.1. The number of rotatable bonds is 8. The molecule has 0 radical (unpaired) electrons. The van der Waals surface area contributed by atoms with Gasteiger partial charge in [-0.2, -0.15) is 0 Å². The van der Waals surface area contributed by atoms with Crippen molar-refractivity contribution in [1.29, 1.82) is 0 Å². The minimum absolute atomic E-state index is 0.149. The molecule has 2 aromatic rings. The predicted octanol–water partition coefficient (Wildman–Crippen LogP) is 2.27. The van der Waals surface area contributed by atoms with Crippen molar-refractivity contribution in [3.05, 3.63) is 54.1 Å². The highest BCUT2D eigenvalue weighted by Gasteiger charge is 2.38. The summed E-state index contributed by atoms with van der Waals surface area (Å²) in [5.74, 6) is 2.51. The first-order valence-corrected chi connectivity index (χ1v) is 10.3. The van der Waals surface area contributed by atoms with Crippen molar-refractivity contribution in [3.8, 4) is 17.2 Å². The molecule has 1 aliphatic carbocycles. The Balaban J connectivity index is 1.33. The van der Waals surface area contributed by atoms with E-state index in [0.717, 1.165) is 23.8 Å². The summed E-state index contributed by atoms with van der Waals surface area (Å²) in [6.07, 6.45) is 4.38. The molecule has 1 aliphatic heterocycles. The smallest absolute Gasteiger partial charge is 0.161 e. The third kappa shape index (κ3) is 4.42. The second-order valence-electron chi connectivity index (χ2n) is 7.85. The first-order chi connectivity index (χ1) is 13.8.